The Morgan fingerprint density at radius 3 is 2.96 bits per heavy atom. The summed E-state index contributed by atoms with van der Waals surface area (Å²) in [7, 11) is 1.30. The van der Waals surface area contributed by atoms with Crippen molar-refractivity contribution in [3.63, 3.8) is 0 Å². The van der Waals surface area contributed by atoms with Gasteiger partial charge in [0.25, 0.3) is 0 Å². The van der Waals surface area contributed by atoms with E-state index >= 15 is 0 Å². The Kier molecular flexibility index (Phi) is 4.90. The Morgan fingerprint density at radius 1 is 1.33 bits per heavy atom. The van der Waals surface area contributed by atoms with E-state index in [1.807, 2.05) is 42.5 Å². The van der Waals surface area contributed by atoms with E-state index in [2.05, 4.69) is 42.4 Å². The molecule has 3 aromatic rings. The Morgan fingerprint density at radius 2 is 2.17 bits per heavy atom. The topological polar surface area (TPSA) is 79.4 Å². The molecule has 1 aromatic heterocycles. The molecule has 0 atom stereocenters. The lowest BCUT2D eigenvalue weighted by Crippen LogP contribution is -2.11. The highest BCUT2D eigenvalue weighted by atomic mass is 32.2. The minimum atomic E-state index is -0.570. The molecule has 0 saturated carbocycles. The summed E-state index contributed by atoms with van der Waals surface area (Å²) >= 11 is 6.21. The van der Waals surface area contributed by atoms with Crippen LogP contribution in [0.3, 0.4) is 0 Å². The number of fused-ring (bicyclic) bond motifs is 1. The van der Waals surface area contributed by atoms with E-state index in [1.165, 1.54) is 7.11 Å². The van der Waals surface area contributed by atoms with Gasteiger partial charge in [-0.05, 0) is 48.6 Å². The van der Waals surface area contributed by atoms with E-state index in [0.29, 0.717) is 5.95 Å². The second-order valence-electron chi connectivity index (χ2n) is 4.68. The fourth-order valence-corrected chi connectivity index (χ4v) is 3.07. The number of H-pyrrole nitrogens is 1. The summed E-state index contributed by atoms with van der Waals surface area (Å²) in [5, 5.41) is 4.87. The first-order valence-electron chi connectivity index (χ1n) is 6.88. The molecule has 0 bridgehead atoms. The fraction of sp³-hybridized carbons (Fsp3) is 0.0625. The molecule has 6 nitrogen and oxygen atoms in total. The van der Waals surface area contributed by atoms with Crippen LogP contribution in [0.5, 0.6) is 0 Å². The van der Waals surface area contributed by atoms with Crippen molar-refractivity contribution >= 4 is 57.9 Å². The van der Waals surface area contributed by atoms with Crippen LogP contribution >= 0.6 is 24.0 Å². The zero-order chi connectivity index (χ0) is 16.9. The number of aromatic nitrogens is 2. The number of anilines is 1. The molecular weight excluding hydrogens is 344 g/mol. The van der Waals surface area contributed by atoms with Gasteiger partial charge in [-0.3, -0.25) is 5.32 Å². The largest absolute Gasteiger partial charge is 0.453 e. The molecule has 3 rings (SSSR count). The minimum absolute atomic E-state index is 0.344. The molecule has 1 amide bonds. The number of nitrogens with zero attached hydrogens (tertiary/aromatic N) is 2. The van der Waals surface area contributed by atoms with Crippen molar-refractivity contribution in [1.29, 1.82) is 0 Å². The van der Waals surface area contributed by atoms with Crippen molar-refractivity contribution in [2.24, 2.45) is 4.99 Å². The first-order chi connectivity index (χ1) is 11.7. The third-order valence-corrected chi connectivity index (χ3v) is 4.16. The summed E-state index contributed by atoms with van der Waals surface area (Å²) < 4.78 is 4.55. The molecule has 0 saturated heterocycles. The number of isothiocyanates is 1. The number of methoxy groups -OCH3 is 1. The van der Waals surface area contributed by atoms with E-state index in [0.717, 1.165) is 26.5 Å². The molecular formula is C16H12N4O2S2. The van der Waals surface area contributed by atoms with Crippen LogP contribution in [0.15, 0.2) is 57.2 Å². The lowest BCUT2D eigenvalue weighted by molar-refractivity contribution is 0.186. The molecule has 0 spiro atoms. The standard InChI is InChI=1S/C16H12N4O2S2/c1-22-16(21)20-15-18-13-6-5-12(8-14(13)19-15)24-11-4-2-3-10(7-11)17-9-23/h2-8H,1H3,(H2,18,19,20,21). The number of imidazole rings is 1. The number of aliphatic imine (C=N–C) groups is 1. The van der Waals surface area contributed by atoms with Gasteiger partial charge in [0, 0.05) is 9.79 Å². The minimum Gasteiger partial charge on any atom is -0.453 e. The molecule has 0 aliphatic rings. The highest BCUT2D eigenvalue weighted by molar-refractivity contribution is 7.99. The number of benzene rings is 2. The quantitative estimate of drug-likeness (QED) is 0.526. The predicted octanol–water partition coefficient (Wildman–Crippen LogP) is 4.63. The number of aromatic amines is 1. The second-order valence-corrected chi connectivity index (χ2v) is 6.01. The molecule has 1 heterocycles. The zero-order valence-corrected chi connectivity index (χ0v) is 14.2. The number of hydrogen-bond acceptors (Lipinski definition) is 6. The monoisotopic (exact) mass is 356 g/mol. The van der Waals surface area contributed by atoms with Gasteiger partial charge in [-0.2, -0.15) is 4.99 Å². The third kappa shape index (κ3) is 3.80. The van der Waals surface area contributed by atoms with Gasteiger partial charge in [0.2, 0.25) is 5.95 Å². The molecule has 2 aromatic carbocycles. The van der Waals surface area contributed by atoms with Crippen LogP contribution in [0.1, 0.15) is 0 Å². The average Bonchev–Trinajstić information content (AvgIpc) is 2.97. The van der Waals surface area contributed by atoms with Crippen molar-refractivity contribution in [2.75, 3.05) is 12.4 Å². The van der Waals surface area contributed by atoms with Crippen LogP contribution in [0.4, 0.5) is 16.4 Å². The van der Waals surface area contributed by atoms with Crippen molar-refractivity contribution in [3.8, 4) is 0 Å². The number of nitrogens with one attached hydrogen (secondary N) is 2. The highest BCUT2D eigenvalue weighted by Crippen LogP contribution is 2.31. The van der Waals surface area contributed by atoms with Crippen LogP contribution in [0, 0.1) is 0 Å². The maximum Gasteiger partial charge on any atom is 0.413 e. The number of hydrogen-bond donors (Lipinski definition) is 2. The molecule has 8 heteroatoms. The summed E-state index contributed by atoms with van der Waals surface area (Å²) in [5.74, 6) is 0.344. The molecule has 120 valence electrons. The number of amides is 1. The molecule has 0 aliphatic carbocycles. The maximum absolute atomic E-state index is 11.2. The van der Waals surface area contributed by atoms with Crippen LogP contribution < -0.4 is 5.32 Å². The normalized spacial score (nSPS) is 10.2. The van der Waals surface area contributed by atoms with E-state index in [1.54, 1.807) is 11.8 Å². The summed E-state index contributed by atoms with van der Waals surface area (Å²) in [5.41, 5.74) is 2.34. The van der Waals surface area contributed by atoms with Crippen molar-refractivity contribution in [2.45, 2.75) is 9.79 Å². The Bertz CT molecular complexity index is 948. The lowest BCUT2D eigenvalue weighted by Gasteiger charge is -2.02. The van der Waals surface area contributed by atoms with Gasteiger partial charge in [-0.25, -0.2) is 9.78 Å². The average molecular weight is 356 g/mol. The van der Waals surface area contributed by atoms with E-state index in [-0.39, 0.29) is 0 Å². The molecule has 0 unspecified atom stereocenters. The second kappa shape index (κ2) is 7.27. The van der Waals surface area contributed by atoms with Crippen molar-refractivity contribution in [3.05, 3.63) is 42.5 Å². The Labute approximate surface area is 147 Å². The molecule has 0 radical (unpaired) electrons. The van der Waals surface area contributed by atoms with Crippen LogP contribution in [0.25, 0.3) is 11.0 Å². The fourth-order valence-electron chi connectivity index (χ4n) is 2.06. The van der Waals surface area contributed by atoms with Crippen molar-refractivity contribution < 1.29 is 9.53 Å². The van der Waals surface area contributed by atoms with Gasteiger partial charge in [0.1, 0.15) is 0 Å². The Balaban J connectivity index is 1.84. The Hall–Kier alpha value is -2.67. The van der Waals surface area contributed by atoms with Gasteiger partial charge in [-0.15, -0.1) is 0 Å². The smallest absolute Gasteiger partial charge is 0.413 e. The molecule has 24 heavy (non-hydrogen) atoms. The van der Waals surface area contributed by atoms with Crippen molar-refractivity contribution in [1.82, 2.24) is 9.97 Å². The SMILES string of the molecule is COC(=O)Nc1nc2cc(Sc3cccc(N=C=S)c3)ccc2[nH]1. The van der Waals surface area contributed by atoms with E-state index in [9.17, 15) is 4.79 Å². The predicted molar refractivity (Wildman–Crippen MR) is 97.4 cm³/mol. The molecule has 0 aliphatic heterocycles. The number of carbonyl (C=O) groups is 1. The van der Waals surface area contributed by atoms with Gasteiger partial charge >= 0.3 is 6.09 Å². The summed E-state index contributed by atoms with van der Waals surface area (Å²) in [6.07, 6.45) is -0.570. The number of rotatable bonds is 4. The lowest BCUT2D eigenvalue weighted by atomic mass is 10.3. The van der Waals surface area contributed by atoms with Gasteiger partial charge in [0.05, 0.1) is 29.0 Å². The summed E-state index contributed by atoms with van der Waals surface area (Å²) in [6.45, 7) is 0. The summed E-state index contributed by atoms with van der Waals surface area (Å²) in [4.78, 5) is 24.6. The van der Waals surface area contributed by atoms with Gasteiger partial charge in [0.15, 0.2) is 0 Å². The first kappa shape index (κ1) is 16.2. The third-order valence-electron chi connectivity index (χ3n) is 3.09. The van der Waals surface area contributed by atoms with Crippen LogP contribution in [0.2, 0.25) is 0 Å². The first-order valence-corrected chi connectivity index (χ1v) is 8.11. The summed E-state index contributed by atoms with van der Waals surface area (Å²) in [6, 6.07) is 13.5. The molecule has 2 N–H and O–H groups in total. The van der Waals surface area contributed by atoms with Gasteiger partial charge in [-0.1, -0.05) is 17.8 Å². The number of ether oxygens (including phenoxy) is 1. The zero-order valence-electron chi connectivity index (χ0n) is 12.6. The van der Waals surface area contributed by atoms with Crippen LogP contribution in [-0.2, 0) is 4.74 Å². The maximum atomic E-state index is 11.2. The number of thiocarbonyl (C=S) groups is 1. The van der Waals surface area contributed by atoms with Gasteiger partial charge < -0.3 is 9.72 Å². The number of carbonyl (C=O) groups excluding carboxylic acids is 1. The highest BCUT2D eigenvalue weighted by Gasteiger charge is 2.08. The van der Waals surface area contributed by atoms with E-state index < -0.39 is 6.09 Å². The van der Waals surface area contributed by atoms with E-state index in [4.69, 9.17) is 0 Å². The van der Waals surface area contributed by atoms with Crippen LogP contribution in [-0.4, -0.2) is 28.3 Å². The molecule has 0 fully saturated rings.